The molecular weight excluding hydrogens is 426 g/mol. The fourth-order valence-electron chi connectivity index (χ4n) is 3.85. The summed E-state index contributed by atoms with van der Waals surface area (Å²) in [7, 11) is 0. The molecule has 1 amide bonds. The van der Waals surface area contributed by atoms with Crippen LogP contribution in [0.1, 0.15) is 9.67 Å². The van der Waals surface area contributed by atoms with E-state index in [0.717, 1.165) is 60.6 Å². The molecule has 0 saturated carbocycles. The summed E-state index contributed by atoms with van der Waals surface area (Å²) in [6.45, 7) is 6.23. The van der Waals surface area contributed by atoms with E-state index < -0.39 is 0 Å². The third-order valence-corrected chi connectivity index (χ3v) is 6.71. The summed E-state index contributed by atoms with van der Waals surface area (Å²) in [6.07, 6.45) is 3.54. The molecule has 8 nitrogen and oxygen atoms in total. The summed E-state index contributed by atoms with van der Waals surface area (Å²) in [5.41, 5.74) is 1.03. The van der Waals surface area contributed by atoms with Crippen molar-refractivity contribution in [2.24, 2.45) is 0 Å². The number of rotatable bonds is 6. The van der Waals surface area contributed by atoms with Crippen LogP contribution in [0.15, 0.2) is 48.8 Å². The molecule has 5 rings (SSSR count). The van der Waals surface area contributed by atoms with Crippen LogP contribution in [0.2, 0.25) is 0 Å². The molecule has 2 aliphatic heterocycles. The van der Waals surface area contributed by atoms with Crippen LogP contribution < -0.4 is 19.7 Å². The number of nitrogens with zero attached hydrogens (tertiary/aromatic N) is 4. The smallest absolute Gasteiger partial charge is 0.261 e. The number of hydrogen-bond donors (Lipinski definition) is 1. The Kier molecular flexibility index (Phi) is 6.17. The van der Waals surface area contributed by atoms with Crippen molar-refractivity contribution in [1.29, 1.82) is 0 Å². The third-order valence-electron chi connectivity index (χ3n) is 5.58. The zero-order chi connectivity index (χ0) is 21.8. The van der Waals surface area contributed by atoms with Crippen molar-refractivity contribution >= 4 is 23.2 Å². The number of carbonyl (C=O) groups excluding carboxylic acids is 1. The number of ether oxygens (including phenoxy) is 2. The number of aromatic nitrogens is 2. The summed E-state index contributed by atoms with van der Waals surface area (Å²) in [5, 5.41) is 3.05. The van der Waals surface area contributed by atoms with Crippen molar-refractivity contribution < 1.29 is 14.3 Å². The molecule has 2 aromatic heterocycles. The minimum Gasteiger partial charge on any atom is -0.486 e. The van der Waals surface area contributed by atoms with Crippen LogP contribution in [0.25, 0.3) is 10.4 Å². The number of nitrogens with one attached hydrogen (secondary N) is 1. The molecule has 2 aliphatic rings. The van der Waals surface area contributed by atoms with Crippen molar-refractivity contribution in [1.82, 2.24) is 20.2 Å². The highest BCUT2D eigenvalue weighted by Gasteiger charge is 2.19. The number of amides is 1. The van der Waals surface area contributed by atoms with E-state index in [9.17, 15) is 4.79 Å². The topological polar surface area (TPSA) is 79.8 Å². The molecule has 4 heterocycles. The zero-order valence-electron chi connectivity index (χ0n) is 17.7. The lowest BCUT2D eigenvalue weighted by atomic mass is 10.1. The zero-order valence-corrected chi connectivity index (χ0v) is 18.5. The maximum atomic E-state index is 12.6. The second-order valence-corrected chi connectivity index (χ2v) is 8.74. The van der Waals surface area contributed by atoms with Gasteiger partial charge in [0, 0.05) is 56.5 Å². The van der Waals surface area contributed by atoms with Crippen molar-refractivity contribution in [3.63, 3.8) is 0 Å². The molecule has 32 heavy (non-hydrogen) atoms. The van der Waals surface area contributed by atoms with Crippen LogP contribution in [-0.4, -0.2) is 73.3 Å². The second-order valence-electron chi connectivity index (χ2n) is 7.66. The highest BCUT2D eigenvalue weighted by atomic mass is 32.1. The summed E-state index contributed by atoms with van der Waals surface area (Å²) < 4.78 is 11.2. The van der Waals surface area contributed by atoms with Crippen LogP contribution >= 0.6 is 11.3 Å². The summed E-state index contributed by atoms with van der Waals surface area (Å²) in [5.74, 6) is 2.28. The van der Waals surface area contributed by atoms with Crippen molar-refractivity contribution in [2.45, 2.75) is 0 Å². The minimum atomic E-state index is -0.0323. The second kappa shape index (κ2) is 9.54. The fraction of sp³-hybridized carbons (Fsp3) is 0.348. The maximum absolute atomic E-state index is 12.6. The summed E-state index contributed by atoms with van der Waals surface area (Å²) >= 11 is 1.49. The van der Waals surface area contributed by atoms with E-state index in [4.69, 9.17) is 9.47 Å². The Balaban J connectivity index is 1.10. The predicted molar refractivity (Wildman–Crippen MR) is 124 cm³/mol. The maximum Gasteiger partial charge on any atom is 0.261 e. The van der Waals surface area contributed by atoms with Crippen LogP contribution in [0.5, 0.6) is 11.5 Å². The van der Waals surface area contributed by atoms with Crippen molar-refractivity contribution in [3.05, 3.63) is 53.7 Å². The van der Waals surface area contributed by atoms with Crippen molar-refractivity contribution in [3.8, 4) is 21.9 Å². The molecule has 9 heteroatoms. The Labute approximate surface area is 190 Å². The number of anilines is 1. The predicted octanol–water partition coefficient (Wildman–Crippen LogP) is 2.53. The molecule has 1 aromatic carbocycles. The average Bonchev–Trinajstić information content (AvgIpc) is 3.35. The van der Waals surface area contributed by atoms with E-state index in [2.05, 4.69) is 25.1 Å². The Morgan fingerprint density at radius 3 is 2.59 bits per heavy atom. The van der Waals surface area contributed by atoms with E-state index in [1.807, 2.05) is 36.4 Å². The van der Waals surface area contributed by atoms with E-state index in [1.165, 1.54) is 11.3 Å². The first-order valence-electron chi connectivity index (χ1n) is 10.8. The molecule has 0 spiro atoms. The van der Waals surface area contributed by atoms with Crippen LogP contribution in [0.3, 0.4) is 0 Å². The van der Waals surface area contributed by atoms with Crippen LogP contribution in [0.4, 0.5) is 5.95 Å². The van der Waals surface area contributed by atoms with Gasteiger partial charge in [0.15, 0.2) is 11.5 Å². The van der Waals surface area contributed by atoms with Gasteiger partial charge in [0.05, 0.1) is 4.88 Å². The SMILES string of the molecule is O=C(NCCN1CCN(c2ncccn2)CC1)c1ccc(-c2ccc3c(c2)OCCO3)s1. The molecule has 0 atom stereocenters. The standard InChI is InChI=1S/C23H25N5O3S/c29-22(24-8-9-27-10-12-28(13-11-27)23-25-6-1-7-26-23)21-5-4-20(32-21)17-2-3-18-19(16-17)31-15-14-30-18/h1-7,16H,8-15H2,(H,24,29). The van der Waals surface area contributed by atoms with Gasteiger partial charge in [-0.25, -0.2) is 9.97 Å². The first-order valence-corrected chi connectivity index (χ1v) is 11.6. The number of hydrogen-bond acceptors (Lipinski definition) is 8. The van der Waals surface area contributed by atoms with Crippen LogP contribution in [-0.2, 0) is 0 Å². The molecule has 0 radical (unpaired) electrons. The summed E-state index contributed by atoms with van der Waals surface area (Å²) in [6, 6.07) is 11.6. The van der Waals surface area contributed by atoms with Crippen molar-refractivity contribution in [2.75, 3.05) is 57.4 Å². The lowest BCUT2D eigenvalue weighted by Gasteiger charge is -2.34. The van der Waals surface area contributed by atoms with Gasteiger partial charge in [0.25, 0.3) is 5.91 Å². The highest BCUT2D eigenvalue weighted by Crippen LogP contribution is 2.36. The van der Waals surface area contributed by atoms with Gasteiger partial charge in [-0.1, -0.05) is 0 Å². The third kappa shape index (κ3) is 4.68. The van der Waals surface area contributed by atoms with E-state index >= 15 is 0 Å². The number of benzene rings is 1. The van der Waals surface area contributed by atoms with Gasteiger partial charge in [-0.15, -0.1) is 11.3 Å². The lowest BCUT2D eigenvalue weighted by molar-refractivity contribution is 0.0952. The number of carbonyl (C=O) groups is 1. The largest absolute Gasteiger partial charge is 0.486 e. The van der Waals surface area contributed by atoms with Gasteiger partial charge < -0.3 is 19.7 Å². The highest BCUT2D eigenvalue weighted by molar-refractivity contribution is 7.17. The number of thiophene rings is 1. The Hall–Kier alpha value is -3.17. The van der Waals surface area contributed by atoms with E-state index in [1.54, 1.807) is 12.4 Å². The lowest BCUT2D eigenvalue weighted by Crippen LogP contribution is -2.48. The number of piperazine rings is 1. The fourth-order valence-corrected chi connectivity index (χ4v) is 4.77. The molecule has 1 saturated heterocycles. The van der Waals surface area contributed by atoms with Gasteiger partial charge >= 0.3 is 0 Å². The van der Waals surface area contributed by atoms with E-state index in [-0.39, 0.29) is 5.91 Å². The minimum absolute atomic E-state index is 0.0323. The van der Waals surface area contributed by atoms with Gasteiger partial charge in [-0.2, -0.15) is 0 Å². The quantitative estimate of drug-likeness (QED) is 0.617. The molecule has 0 unspecified atom stereocenters. The normalized spacial score (nSPS) is 16.1. The van der Waals surface area contributed by atoms with Crippen LogP contribution in [0, 0.1) is 0 Å². The number of fused-ring (bicyclic) bond motifs is 1. The van der Waals surface area contributed by atoms with Gasteiger partial charge in [0.1, 0.15) is 13.2 Å². The average molecular weight is 452 g/mol. The monoisotopic (exact) mass is 451 g/mol. The molecule has 1 N–H and O–H groups in total. The van der Waals surface area contributed by atoms with Gasteiger partial charge in [-0.05, 0) is 42.0 Å². The molecule has 166 valence electrons. The Morgan fingerprint density at radius 1 is 1.00 bits per heavy atom. The Morgan fingerprint density at radius 2 is 1.78 bits per heavy atom. The molecule has 3 aromatic rings. The van der Waals surface area contributed by atoms with E-state index in [0.29, 0.717) is 24.6 Å². The van der Waals surface area contributed by atoms with Gasteiger partial charge in [-0.3, -0.25) is 9.69 Å². The molecule has 0 aliphatic carbocycles. The summed E-state index contributed by atoms with van der Waals surface area (Å²) in [4.78, 5) is 27.5. The first kappa shape index (κ1) is 20.7. The Bertz CT molecular complexity index is 1070. The molecule has 0 bridgehead atoms. The first-order chi connectivity index (χ1) is 15.8. The van der Waals surface area contributed by atoms with Gasteiger partial charge in [0.2, 0.25) is 5.95 Å². The molecule has 1 fully saturated rings. The molecular formula is C23H25N5O3S.